The molecule has 0 aliphatic carbocycles. The Morgan fingerprint density at radius 3 is 2.43 bits per heavy atom. The third-order valence-electron chi connectivity index (χ3n) is 2.37. The maximum Gasteiger partial charge on any atom is 0.407 e. The van der Waals surface area contributed by atoms with Gasteiger partial charge in [0.2, 0.25) is 0 Å². The Hall–Kier alpha value is -1.92. The van der Waals surface area contributed by atoms with Gasteiger partial charge < -0.3 is 15.4 Å². The Morgan fingerprint density at radius 2 is 1.81 bits per heavy atom. The number of benzene rings is 1. The average Bonchev–Trinajstić information content (AvgIpc) is 2.36. The van der Waals surface area contributed by atoms with E-state index in [1.54, 1.807) is 20.8 Å². The van der Waals surface area contributed by atoms with Crippen molar-refractivity contribution in [1.82, 2.24) is 5.32 Å². The third-order valence-corrected chi connectivity index (χ3v) is 2.37. The zero-order chi connectivity index (χ0) is 16.0. The lowest BCUT2D eigenvalue weighted by Gasteiger charge is -2.19. The molecule has 118 valence electrons. The maximum atomic E-state index is 13.3. The van der Waals surface area contributed by atoms with Crippen LogP contribution >= 0.6 is 0 Å². The highest BCUT2D eigenvalue weighted by molar-refractivity contribution is 5.67. The number of carbonyl (C=O) groups excluding carboxylic acids is 1. The highest BCUT2D eigenvalue weighted by Gasteiger charge is 2.15. The second-order valence-corrected chi connectivity index (χ2v) is 5.43. The van der Waals surface area contributed by atoms with Crippen molar-refractivity contribution in [2.45, 2.75) is 32.8 Å². The van der Waals surface area contributed by atoms with E-state index in [-0.39, 0.29) is 12.2 Å². The van der Waals surface area contributed by atoms with Gasteiger partial charge in [-0.1, -0.05) is 0 Å². The Kier molecular flexibility index (Phi) is 5.87. The van der Waals surface area contributed by atoms with Crippen LogP contribution in [0.1, 0.15) is 27.2 Å². The molecule has 0 aliphatic heterocycles. The molecule has 0 radical (unpaired) electrons. The quantitative estimate of drug-likeness (QED) is 0.647. The zero-order valence-corrected chi connectivity index (χ0v) is 12.2. The molecule has 0 fully saturated rings. The monoisotopic (exact) mass is 304 g/mol. The standard InChI is InChI=1S/C14H19F3N2O2/c1-14(2,3)21-13(20)19-8-4-7-18-10-6-5-9(15)11(16)12(10)17/h5-6,18H,4,7-8H2,1-3H3,(H,19,20). The van der Waals surface area contributed by atoms with E-state index in [9.17, 15) is 18.0 Å². The molecule has 7 heteroatoms. The minimum atomic E-state index is -1.51. The number of amides is 1. The highest BCUT2D eigenvalue weighted by Crippen LogP contribution is 2.19. The fourth-order valence-corrected chi connectivity index (χ4v) is 1.48. The molecular weight excluding hydrogens is 285 g/mol. The van der Waals surface area contributed by atoms with Gasteiger partial charge in [0.1, 0.15) is 5.60 Å². The van der Waals surface area contributed by atoms with E-state index < -0.39 is 29.1 Å². The Bertz CT molecular complexity index is 502. The minimum absolute atomic E-state index is 0.119. The van der Waals surface area contributed by atoms with Gasteiger partial charge in [0.25, 0.3) is 0 Å². The van der Waals surface area contributed by atoms with Crippen LogP contribution in [-0.4, -0.2) is 24.8 Å². The van der Waals surface area contributed by atoms with Crippen LogP contribution in [0.5, 0.6) is 0 Å². The highest BCUT2D eigenvalue weighted by atomic mass is 19.2. The fraction of sp³-hybridized carbons (Fsp3) is 0.500. The summed E-state index contributed by atoms with van der Waals surface area (Å²) in [7, 11) is 0. The molecule has 1 aromatic carbocycles. The van der Waals surface area contributed by atoms with Gasteiger partial charge in [0.05, 0.1) is 5.69 Å². The molecular formula is C14H19F3N2O2. The lowest BCUT2D eigenvalue weighted by Crippen LogP contribution is -2.33. The van der Waals surface area contributed by atoms with Gasteiger partial charge in [-0.25, -0.2) is 18.0 Å². The molecule has 2 N–H and O–H groups in total. The van der Waals surface area contributed by atoms with Crippen molar-refractivity contribution < 1.29 is 22.7 Å². The molecule has 21 heavy (non-hydrogen) atoms. The topological polar surface area (TPSA) is 50.4 Å². The normalized spacial score (nSPS) is 11.1. The molecule has 0 heterocycles. The van der Waals surface area contributed by atoms with Crippen LogP contribution in [0, 0.1) is 17.5 Å². The van der Waals surface area contributed by atoms with Crippen molar-refractivity contribution in [3.63, 3.8) is 0 Å². The lowest BCUT2D eigenvalue weighted by molar-refractivity contribution is 0.0528. The number of ether oxygens (including phenoxy) is 1. The summed E-state index contributed by atoms with van der Waals surface area (Å²) < 4.78 is 44.0. The second kappa shape index (κ2) is 7.19. The van der Waals surface area contributed by atoms with E-state index in [4.69, 9.17) is 4.74 Å². The molecule has 4 nitrogen and oxygen atoms in total. The second-order valence-electron chi connectivity index (χ2n) is 5.43. The van der Waals surface area contributed by atoms with Gasteiger partial charge in [0.15, 0.2) is 17.5 Å². The smallest absolute Gasteiger partial charge is 0.407 e. The van der Waals surface area contributed by atoms with Crippen molar-refractivity contribution in [2.75, 3.05) is 18.4 Å². The van der Waals surface area contributed by atoms with Crippen molar-refractivity contribution >= 4 is 11.8 Å². The van der Waals surface area contributed by atoms with Gasteiger partial charge in [-0.15, -0.1) is 0 Å². The molecule has 0 atom stereocenters. The molecule has 1 aromatic rings. The number of carbonyl (C=O) groups is 1. The van der Waals surface area contributed by atoms with Gasteiger partial charge in [0, 0.05) is 13.1 Å². The zero-order valence-electron chi connectivity index (χ0n) is 12.2. The van der Waals surface area contributed by atoms with Gasteiger partial charge in [-0.05, 0) is 39.3 Å². The van der Waals surface area contributed by atoms with E-state index in [2.05, 4.69) is 10.6 Å². The van der Waals surface area contributed by atoms with Crippen molar-refractivity contribution in [2.24, 2.45) is 0 Å². The predicted molar refractivity (Wildman–Crippen MR) is 73.7 cm³/mol. The summed E-state index contributed by atoms with van der Waals surface area (Å²) in [6.45, 7) is 5.85. The summed E-state index contributed by atoms with van der Waals surface area (Å²) in [6, 6.07) is 1.97. The number of rotatable bonds is 5. The first-order valence-corrected chi connectivity index (χ1v) is 6.55. The SMILES string of the molecule is CC(C)(C)OC(=O)NCCCNc1ccc(F)c(F)c1F. The summed E-state index contributed by atoms with van der Waals surface area (Å²) in [6.07, 6.45) is -0.0704. The predicted octanol–water partition coefficient (Wildman–Crippen LogP) is 3.43. The van der Waals surface area contributed by atoms with Crippen LogP contribution in [-0.2, 0) is 4.74 Å². The molecule has 1 rings (SSSR count). The first-order chi connectivity index (χ1) is 9.70. The number of halogens is 3. The summed E-state index contributed by atoms with van der Waals surface area (Å²) in [4.78, 5) is 11.3. The number of nitrogens with one attached hydrogen (secondary N) is 2. The molecule has 0 saturated carbocycles. The molecule has 0 bridgehead atoms. The van der Waals surface area contributed by atoms with E-state index in [0.29, 0.717) is 13.0 Å². The van der Waals surface area contributed by atoms with Crippen molar-refractivity contribution in [3.05, 3.63) is 29.6 Å². The van der Waals surface area contributed by atoms with Gasteiger partial charge in [-0.2, -0.15) is 0 Å². The lowest BCUT2D eigenvalue weighted by atomic mass is 10.2. The Labute approximate surface area is 121 Å². The molecule has 0 aliphatic rings. The fourth-order valence-electron chi connectivity index (χ4n) is 1.48. The van der Waals surface area contributed by atoms with Crippen molar-refractivity contribution in [1.29, 1.82) is 0 Å². The van der Waals surface area contributed by atoms with E-state index >= 15 is 0 Å². The molecule has 0 aromatic heterocycles. The van der Waals surface area contributed by atoms with E-state index in [1.165, 1.54) is 0 Å². The number of hydrogen-bond donors (Lipinski definition) is 2. The van der Waals surface area contributed by atoms with Crippen LogP contribution < -0.4 is 10.6 Å². The van der Waals surface area contributed by atoms with Crippen LogP contribution in [0.25, 0.3) is 0 Å². The molecule has 0 spiro atoms. The summed E-state index contributed by atoms with van der Waals surface area (Å²) in [5.74, 6) is -3.99. The summed E-state index contributed by atoms with van der Waals surface area (Å²) in [5.41, 5.74) is -0.692. The van der Waals surface area contributed by atoms with Gasteiger partial charge >= 0.3 is 6.09 Å². The van der Waals surface area contributed by atoms with Gasteiger partial charge in [-0.3, -0.25) is 0 Å². The third kappa shape index (κ3) is 5.93. The summed E-state index contributed by atoms with van der Waals surface area (Å²) in [5, 5.41) is 5.16. The largest absolute Gasteiger partial charge is 0.444 e. The van der Waals surface area contributed by atoms with E-state index in [1.807, 2.05) is 0 Å². The van der Waals surface area contributed by atoms with Crippen molar-refractivity contribution in [3.8, 4) is 0 Å². The van der Waals surface area contributed by atoms with Crippen LogP contribution in [0.15, 0.2) is 12.1 Å². The summed E-state index contributed by atoms with van der Waals surface area (Å²) >= 11 is 0. The average molecular weight is 304 g/mol. The first-order valence-electron chi connectivity index (χ1n) is 6.55. The number of anilines is 1. The Morgan fingerprint density at radius 1 is 1.14 bits per heavy atom. The van der Waals surface area contributed by atoms with Crippen LogP contribution in [0.4, 0.5) is 23.7 Å². The molecule has 0 unspecified atom stereocenters. The van der Waals surface area contributed by atoms with Crippen LogP contribution in [0.2, 0.25) is 0 Å². The molecule has 1 amide bonds. The van der Waals surface area contributed by atoms with Crippen LogP contribution in [0.3, 0.4) is 0 Å². The minimum Gasteiger partial charge on any atom is -0.444 e. The van der Waals surface area contributed by atoms with E-state index in [0.717, 1.165) is 12.1 Å². The Balaban J connectivity index is 2.29. The number of alkyl carbamates (subject to hydrolysis) is 1. The molecule has 0 saturated heterocycles. The first kappa shape index (κ1) is 17.1. The maximum absolute atomic E-state index is 13.3. The number of hydrogen-bond acceptors (Lipinski definition) is 3.